The number of nitrogens with zero attached hydrogens (tertiary/aromatic N) is 1. The number of carboxylic acid groups (broad SMARTS) is 1. The number of fused-ring (bicyclic) bond motifs is 1. The summed E-state index contributed by atoms with van der Waals surface area (Å²) in [5.74, 6) is -1.96. The summed E-state index contributed by atoms with van der Waals surface area (Å²) in [6.45, 7) is 0.683. The summed E-state index contributed by atoms with van der Waals surface area (Å²) in [6, 6.07) is 7.92. The van der Waals surface area contributed by atoms with E-state index in [2.05, 4.69) is 0 Å². The van der Waals surface area contributed by atoms with Crippen LogP contribution in [-0.2, 0) is 16.0 Å². The van der Waals surface area contributed by atoms with Crippen LogP contribution in [0.3, 0.4) is 0 Å². The Bertz CT molecular complexity index is 593. The Hall–Kier alpha value is -2.10. The van der Waals surface area contributed by atoms with Gasteiger partial charge < -0.3 is 10.0 Å². The van der Waals surface area contributed by atoms with Crippen LogP contribution in [-0.4, -0.2) is 23.5 Å². The number of anilines is 1. The third-order valence-corrected chi connectivity index (χ3v) is 4.44. The van der Waals surface area contributed by atoms with E-state index in [-0.39, 0.29) is 5.91 Å². The summed E-state index contributed by atoms with van der Waals surface area (Å²) >= 11 is 0. The molecule has 2 unspecified atom stereocenters. The Labute approximate surface area is 124 Å². The van der Waals surface area contributed by atoms with Crippen molar-refractivity contribution in [2.75, 3.05) is 11.4 Å². The number of hydrogen-bond acceptors (Lipinski definition) is 2. The van der Waals surface area contributed by atoms with Gasteiger partial charge in [0.15, 0.2) is 0 Å². The van der Waals surface area contributed by atoms with Crippen molar-refractivity contribution in [2.45, 2.75) is 25.7 Å². The monoisotopic (exact) mass is 285 g/mol. The van der Waals surface area contributed by atoms with Crippen LogP contribution in [0.4, 0.5) is 5.69 Å². The van der Waals surface area contributed by atoms with Crippen LogP contribution >= 0.6 is 0 Å². The molecule has 0 aromatic heterocycles. The molecule has 1 N–H and O–H groups in total. The van der Waals surface area contributed by atoms with E-state index in [1.54, 1.807) is 4.90 Å². The number of allylic oxidation sites excluding steroid dienone is 2. The third-order valence-electron chi connectivity index (χ3n) is 4.44. The fraction of sp³-hybridized carbons (Fsp3) is 0.412. The predicted octanol–water partition coefficient (Wildman–Crippen LogP) is 2.63. The first-order valence-electron chi connectivity index (χ1n) is 7.45. The van der Waals surface area contributed by atoms with Gasteiger partial charge in [0, 0.05) is 12.2 Å². The van der Waals surface area contributed by atoms with Crippen LogP contribution in [0.2, 0.25) is 0 Å². The van der Waals surface area contributed by atoms with Crippen LogP contribution in [0.25, 0.3) is 0 Å². The summed E-state index contributed by atoms with van der Waals surface area (Å²) in [7, 11) is 0. The number of rotatable bonds is 2. The largest absolute Gasteiger partial charge is 0.481 e. The lowest BCUT2D eigenvalue weighted by molar-refractivity contribution is -0.146. The van der Waals surface area contributed by atoms with Crippen LogP contribution in [0.1, 0.15) is 24.8 Å². The zero-order chi connectivity index (χ0) is 14.8. The number of hydrogen-bond donors (Lipinski definition) is 1. The number of carbonyl (C=O) groups is 2. The molecule has 1 heterocycles. The maximum absolute atomic E-state index is 12.9. The summed E-state index contributed by atoms with van der Waals surface area (Å²) in [6.07, 6.45) is 6.68. The Balaban J connectivity index is 1.89. The number of benzene rings is 1. The molecule has 3 rings (SSSR count). The molecule has 1 aromatic rings. The van der Waals surface area contributed by atoms with Gasteiger partial charge in [-0.05, 0) is 37.3 Å². The molecule has 0 fully saturated rings. The molecular weight excluding hydrogens is 266 g/mol. The van der Waals surface area contributed by atoms with E-state index >= 15 is 0 Å². The first-order valence-corrected chi connectivity index (χ1v) is 7.45. The molecule has 21 heavy (non-hydrogen) atoms. The van der Waals surface area contributed by atoms with Crippen LogP contribution < -0.4 is 4.90 Å². The first kappa shape index (κ1) is 13.9. The molecule has 0 radical (unpaired) electrons. The number of carbonyl (C=O) groups excluding carboxylic acids is 1. The smallest absolute Gasteiger partial charge is 0.307 e. The maximum Gasteiger partial charge on any atom is 0.307 e. The van der Waals surface area contributed by atoms with Gasteiger partial charge in [0.05, 0.1) is 11.8 Å². The highest BCUT2D eigenvalue weighted by Crippen LogP contribution is 2.33. The van der Waals surface area contributed by atoms with Gasteiger partial charge in [0.25, 0.3) is 0 Å². The number of aliphatic carboxylic acids is 1. The van der Waals surface area contributed by atoms with E-state index in [1.807, 2.05) is 36.4 Å². The summed E-state index contributed by atoms with van der Waals surface area (Å²) in [4.78, 5) is 26.0. The van der Waals surface area contributed by atoms with Gasteiger partial charge in [-0.3, -0.25) is 9.59 Å². The molecule has 1 aromatic carbocycles. The minimum absolute atomic E-state index is 0.0427. The van der Waals surface area contributed by atoms with Crippen molar-refractivity contribution in [1.29, 1.82) is 0 Å². The maximum atomic E-state index is 12.9. The average Bonchev–Trinajstić information content (AvgIpc) is 2.53. The Kier molecular flexibility index (Phi) is 3.78. The van der Waals surface area contributed by atoms with Gasteiger partial charge >= 0.3 is 5.97 Å². The molecule has 0 saturated carbocycles. The Morgan fingerprint density at radius 2 is 1.81 bits per heavy atom. The lowest BCUT2D eigenvalue weighted by atomic mass is 9.81. The van der Waals surface area contributed by atoms with Crippen molar-refractivity contribution in [2.24, 2.45) is 11.8 Å². The van der Waals surface area contributed by atoms with E-state index in [9.17, 15) is 14.7 Å². The quantitative estimate of drug-likeness (QED) is 0.850. The minimum Gasteiger partial charge on any atom is -0.481 e. The molecule has 110 valence electrons. The fourth-order valence-electron chi connectivity index (χ4n) is 3.32. The molecule has 2 aliphatic rings. The van der Waals surface area contributed by atoms with Gasteiger partial charge in [-0.2, -0.15) is 0 Å². The lowest BCUT2D eigenvalue weighted by Crippen LogP contribution is -2.44. The fourth-order valence-corrected chi connectivity index (χ4v) is 3.32. The zero-order valence-electron chi connectivity index (χ0n) is 11.9. The third kappa shape index (κ3) is 2.58. The van der Waals surface area contributed by atoms with Crippen molar-refractivity contribution in [3.8, 4) is 0 Å². The van der Waals surface area contributed by atoms with Crippen LogP contribution in [0, 0.1) is 11.8 Å². The summed E-state index contributed by atoms with van der Waals surface area (Å²) < 4.78 is 0. The van der Waals surface area contributed by atoms with E-state index in [0.717, 1.165) is 18.5 Å². The molecule has 1 aliphatic carbocycles. The van der Waals surface area contributed by atoms with Gasteiger partial charge in [-0.25, -0.2) is 0 Å². The van der Waals surface area contributed by atoms with Gasteiger partial charge in [-0.1, -0.05) is 30.4 Å². The average molecular weight is 285 g/mol. The SMILES string of the molecule is O=C(O)C1CC=CCC1C(=O)N1CCCc2ccccc21. The molecular formula is C17H19NO3. The highest BCUT2D eigenvalue weighted by Gasteiger charge is 2.37. The number of carboxylic acids is 1. The molecule has 4 heteroatoms. The molecule has 1 aliphatic heterocycles. The van der Waals surface area contributed by atoms with Crippen molar-refractivity contribution < 1.29 is 14.7 Å². The number of aryl methyl sites for hydroxylation is 1. The minimum atomic E-state index is -0.872. The normalized spacial score (nSPS) is 24.5. The Morgan fingerprint density at radius 3 is 2.57 bits per heavy atom. The molecule has 0 spiro atoms. The molecule has 1 amide bonds. The molecule has 0 saturated heterocycles. The van der Waals surface area contributed by atoms with E-state index in [1.165, 1.54) is 5.56 Å². The lowest BCUT2D eigenvalue weighted by Gasteiger charge is -2.34. The van der Waals surface area contributed by atoms with Gasteiger partial charge in [0.1, 0.15) is 0 Å². The summed E-state index contributed by atoms with van der Waals surface area (Å²) in [5.41, 5.74) is 2.13. The summed E-state index contributed by atoms with van der Waals surface area (Å²) in [5, 5.41) is 9.35. The first-order chi connectivity index (χ1) is 10.2. The second kappa shape index (κ2) is 5.72. The van der Waals surface area contributed by atoms with E-state index in [4.69, 9.17) is 0 Å². The zero-order valence-corrected chi connectivity index (χ0v) is 11.9. The Morgan fingerprint density at radius 1 is 1.10 bits per heavy atom. The standard InChI is InChI=1S/C17H19NO3/c19-16(13-8-2-3-9-14(13)17(20)21)18-11-5-7-12-6-1-4-10-15(12)18/h1-4,6,10,13-14H,5,7-9,11H2,(H,20,21). The highest BCUT2D eigenvalue weighted by atomic mass is 16.4. The second-order valence-corrected chi connectivity index (χ2v) is 5.72. The van der Waals surface area contributed by atoms with Crippen molar-refractivity contribution >= 4 is 17.6 Å². The van der Waals surface area contributed by atoms with Crippen molar-refractivity contribution in [3.63, 3.8) is 0 Å². The van der Waals surface area contributed by atoms with Crippen molar-refractivity contribution in [3.05, 3.63) is 42.0 Å². The van der Waals surface area contributed by atoms with Crippen LogP contribution in [0.15, 0.2) is 36.4 Å². The van der Waals surface area contributed by atoms with E-state index in [0.29, 0.717) is 19.4 Å². The number of para-hydroxylation sites is 1. The highest BCUT2D eigenvalue weighted by molar-refractivity contribution is 5.98. The number of amides is 1. The topological polar surface area (TPSA) is 57.6 Å². The van der Waals surface area contributed by atoms with Gasteiger partial charge in [0.2, 0.25) is 5.91 Å². The molecule has 4 nitrogen and oxygen atoms in total. The molecule has 2 atom stereocenters. The molecule has 0 bridgehead atoms. The van der Waals surface area contributed by atoms with Crippen LogP contribution in [0.5, 0.6) is 0 Å². The van der Waals surface area contributed by atoms with Gasteiger partial charge in [-0.15, -0.1) is 0 Å². The second-order valence-electron chi connectivity index (χ2n) is 5.72. The predicted molar refractivity (Wildman–Crippen MR) is 80.1 cm³/mol. The van der Waals surface area contributed by atoms with Crippen molar-refractivity contribution in [1.82, 2.24) is 0 Å². The van der Waals surface area contributed by atoms with E-state index < -0.39 is 17.8 Å².